The van der Waals surface area contributed by atoms with Crippen LogP contribution in [-0.2, 0) is 4.79 Å². The predicted molar refractivity (Wildman–Crippen MR) is 60.6 cm³/mol. The van der Waals surface area contributed by atoms with E-state index >= 15 is 0 Å². The first-order valence-corrected chi connectivity index (χ1v) is 6.28. The molecule has 0 radical (unpaired) electrons. The molecule has 2 saturated heterocycles. The summed E-state index contributed by atoms with van der Waals surface area (Å²) in [6, 6.07) is 0. The maximum absolute atomic E-state index is 12.2. The first kappa shape index (κ1) is 10.9. The molecule has 1 amide bonds. The molecule has 3 nitrogen and oxygen atoms in total. The Labute approximate surface area is 92.2 Å². The summed E-state index contributed by atoms with van der Waals surface area (Å²) >= 11 is 0. The van der Waals surface area contributed by atoms with E-state index in [2.05, 4.69) is 17.1 Å². The molecule has 0 saturated carbocycles. The van der Waals surface area contributed by atoms with Gasteiger partial charge in [0.15, 0.2) is 0 Å². The first-order chi connectivity index (χ1) is 7.29. The third-order valence-corrected chi connectivity index (χ3v) is 3.75. The number of amides is 1. The Morgan fingerprint density at radius 1 is 1.13 bits per heavy atom. The van der Waals surface area contributed by atoms with Gasteiger partial charge in [-0.25, -0.2) is 0 Å². The molecule has 2 atom stereocenters. The highest BCUT2D eigenvalue weighted by Gasteiger charge is 2.32. The molecule has 0 bridgehead atoms. The van der Waals surface area contributed by atoms with Crippen LogP contribution in [0, 0.1) is 11.8 Å². The Hall–Kier alpha value is -0.570. The molecule has 0 aliphatic carbocycles. The van der Waals surface area contributed by atoms with Crippen molar-refractivity contribution in [3.63, 3.8) is 0 Å². The Morgan fingerprint density at radius 2 is 1.80 bits per heavy atom. The molecule has 15 heavy (non-hydrogen) atoms. The lowest BCUT2D eigenvalue weighted by Gasteiger charge is -2.25. The van der Waals surface area contributed by atoms with E-state index in [0.717, 1.165) is 26.2 Å². The van der Waals surface area contributed by atoms with Gasteiger partial charge in [-0.3, -0.25) is 4.79 Å². The van der Waals surface area contributed by atoms with Crippen LogP contribution in [0.15, 0.2) is 0 Å². The highest BCUT2D eigenvalue weighted by Crippen LogP contribution is 2.20. The van der Waals surface area contributed by atoms with Crippen LogP contribution in [-0.4, -0.2) is 37.0 Å². The van der Waals surface area contributed by atoms with Crippen molar-refractivity contribution in [1.82, 2.24) is 10.2 Å². The van der Waals surface area contributed by atoms with E-state index in [1.165, 1.54) is 25.7 Å². The largest absolute Gasteiger partial charge is 0.342 e. The van der Waals surface area contributed by atoms with Crippen molar-refractivity contribution in [3.05, 3.63) is 0 Å². The van der Waals surface area contributed by atoms with Crippen molar-refractivity contribution in [2.24, 2.45) is 11.8 Å². The molecular weight excluding hydrogens is 188 g/mol. The molecule has 2 aliphatic heterocycles. The van der Waals surface area contributed by atoms with E-state index in [1.54, 1.807) is 0 Å². The molecular formula is C12H22N2O. The van der Waals surface area contributed by atoms with Crippen LogP contribution in [0.2, 0.25) is 0 Å². The fourth-order valence-electron chi connectivity index (χ4n) is 2.67. The highest BCUT2D eigenvalue weighted by molar-refractivity contribution is 5.79. The maximum Gasteiger partial charge on any atom is 0.227 e. The zero-order chi connectivity index (χ0) is 10.7. The molecule has 2 aliphatic rings. The number of carbonyl (C=O) groups excluding carboxylic acids is 1. The number of carbonyl (C=O) groups is 1. The molecule has 2 fully saturated rings. The molecule has 2 rings (SSSR count). The molecule has 3 heteroatoms. The van der Waals surface area contributed by atoms with Crippen molar-refractivity contribution in [2.75, 3.05) is 26.2 Å². The molecule has 2 heterocycles. The van der Waals surface area contributed by atoms with Crippen molar-refractivity contribution < 1.29 is 4.79 Å². The average molecular weight is 210 g/mol. The van der Waals surface area contributed by atoms with E-state index in [9.17, 15) is 4.79 Å². The first-order valence-electron chi connectivity index (χ1n) is 6.28. The van der Waals surface area contributed by atoms with Gasteiger partial charge in [0.1, 0.15) is 0 Å². The second kappa shape index (κ2) is 4.97. The zero-order valence-corrected chi connectivity index (χ0v) is 9.67. The van der Waals surface area contributed by atoms with Gasteiger partial charge < -0.3 is 10.2 Å². The number of rotatable bonds is 1. The lowest BCUT2D eigenvalue weighted by molar-refractivity contribution is -0.135. The van der Waals surface area contributed by atoms with Crippen LogP contribution in [0.25, 0.3) is 0 Å². The second-order valence-electron chi connectivity index (χ2n) is 4.98. The van der Waals surface area contributed by atoms with Crippen molar-refractivity contribution in [1.29, 1.82) is 0 Å². The summed E-state index contributed by atoms with van der Waals surface area (Å²) in [7, 11) is 0. The van der Waals surface area contributed by atoms with E-state index in [0.29, 0.717) is 11.8 Å². The summed E-state index contributed by atoms with van der Waals surface area (Å²) in [4.78, 5) is 14.3. The molecule has 2 unspecified atom stereocenters. The van der Waals surface area contributed by atoms with Gasteiger partial charge in [0.2, 0.25) is 5.91 Å². The molecule has 0 aromatic rings. The molecule has 0 aromatic heterocycles. The minimum absolute atomic E-state index is 0.239. The van der Waals surface area contributed by atoms with Gasteiger partial charge >= 0.3 is 0 Å². The van der Waals surface area contributed by atoms with Crippen LogP contribution in [0.4, 0.5) is 0 Å². The monoisotopic (exact) mass is 210 g/mol. The van der Waals surface area contributed by atoms with Crippen molar-refractivity contribution >= 4 is 5.91 Å². The van der Waals surface area contributed by atoms with Gasteiger partial charge in [0.05, 0.1) is 5.92 Å². The number of nitrogens with one attached hydrogen (secondary N) is 1. The Morgan fingerprint density at radius 3 is 2.33 bits per heavy atom. The van der Waals surface area contributed by atoms with Crippen LogP contribution >= 0.6 is 0 Å². The van der Waals surface area contributed by atoms with Gasteiger partial charge in [-0.05, 0) is 25.3 Å². The topological polar surface area (TPSA) is 32.3 Å². The minimum Gasteiger partial charge on any atom is -0.342 e. The summed E-state index contributed by atoms with van der Waals surface area (Å²) in [5.74, 6) is 1.15. The molecule has 0 aromatic carbocycles. The Balaban J connectivity index is 1.93. The van der Waals surface area contributed by atoms with E-state index < -0.39 is 0 Å². The summed E-state index contributed by atoms with van der Waals surface area (Å²) in [5, 5.41) is 3.31. The number of nitrogens with zero attached hydrogens (tertiary/aromatic N) is 1. The van der Waals surface area contributed by atoms with Gasteiger partial charge in [0, 0.05) is 19.6 Å². The molecule has 0 spiro atoms. The van der Waals surface area contributed by atoms with E-state index in [4.69, 9.17) is 0 Å². The van der Waals surface area contributed by atoms with Crippen LogP contribution in [0.3, 0.4) is 0 Å². The minimum atomic E-state index is 0.239. The number of likely N-dealkylation sites (tertiary alicyclic amines) is 1. The maximum atomic E-state index is 12.2. The quantitative estimate of drug-likeness (QED) is 0.706. The van der Waals surface area contributed by atoms with Gasteiger partial charge in [-0.15, -0.1) is 0 Å². The lowest BCUT2D eigenvalue weighted by Crippen LogP contribution is -2.39. The summed E-state index contributed by atoms with van der Waals surface area (Å²) < 4.78 is 0. The van der Waals surface area contributed by atoms with Gasteiger partial charge in [0.25, 0.3) is 0 Å². The third-order valence-electron chi connectivity index (χ3n) is 3.75. The molecule has 1 N–H and O–H groups in total. The van der Waals surface area contributed by atoms with Crippen LogP contribution < -0.4 is 5.32 Å². The van der Waals surface area contributed by atoms with Gasteiger partial charge in [-0.2, -0.15) is 0 Å². The lowest BCUT2D eigenvalue weighted by atomic mass is 9.96. The Bertz CT molecular complexity index is 222. The predicted octanol–water partition coefficient (Wildman–Crippen LogP) is 1.24. The summed E-state index contributed by atoms with van der Waals surface area (Å²) in [6.07, 6.45) is 4.98. The van der Waals surface area contributed by atoms with E-state index in [-0.39, 0.29) is 5.92 Å². The zero-order valence-electron chi connectivity index (χ0n) is 9.67. The normalized spacial score (nSPS) is 32.7. The summed E-state index contributed by atoms with van der Waals surface area (Å²) in [5.41, 5.74) is 0. The molecule has 86 valence electrons. The smallest absolute Gasteiger partial charge is 0.227 e. The SMILES string of the molecule is CC1CNCC1C(=O)N1CCCCCC1. The van der Waals surface area contributed by atoms with Gasteiger partial charge in [-0.1, -0.05) is 19.8 Å². The van der Waals surface area contributed by atoms with Crippen LogP contribution in [0.5, 0.6) is 0 Å². The van der Waals surface area contributed by atoms with Crippen LogP contribution in [0.1, 0.15) is 32.6 Å². The van der Waals surface area contributed by atoms with Crippen molar-refractivity contribution in [2.45, 2.75) is 32.6 Å². The Kier molecular flexibility index (Phi) is 3.62. The fraction of sp³-hybridized carbons (Fsp3) is 0.917. The van der Waals surface area contributed by atoms with E-state index in [1.807, 2.05) is 0 Å². The number of hydrogen-bond acceptors (Lipinski definition) is 2. The average Bonchev–Trinajstić information content (AvgIpc) is 2.53. The summed E-state index contributed by atoms with van der Waals surface area (Å²) in [6.45, 7) is 6.05. The highest BCUT2D eigenvalue weighted by atomic mass is 16.2. The second-order valence-corrected chi connectivity index (χ2v) is 4.98. The fourth-order valence-corrected chi connectivity index (χ4v) is 2.67. The standard InChI is InChI=1S/C12H22N2O/c1-10-8-13-9-11(10)12(15)14-6-4-2-3-5-7-14/h10-11,13H,2-9H2,1H3. The van der Waals surface area contributed by atoms with Crippen molar-refractivity contribution in [3.8, 4) is 0 Å². The number of hydrogen-bond donors (Lipinski definition) is 1. The third kappa shape index (κ3) is 2.51.